The van der Waals surface area contributed by atoms with Gasteiger partial charge in [-0.2, -0.15) is 5.26 Å². The third-order valence-electron chi connectivity index (χ3n) is 5.36. The van der Waals surface area contributed by atoms with Crippen LogP contribution in [-0.2, 0) is 9.59 Å². The highest BCUT2D eigenvalue weighted by atomic mass is 32.2. The summed E-state index contributed by atoms with van der Waals surface area (Å²) in [5.74, 6) is -1.57. The molecule has 0 unspecified atom stereocenters. The zero-order chi connectivity index (χ0) is 25.1. The number of carbonyl (C=O) groups excluding carboxylic acids is 2. The molecule has 9 nitrogen and oxygen atoms in total. The van der Waals surface area contributed by atoms with E-state index in [-0.39, 0.29) is 39.8 Å². The highest BCUT2D eigenvalue weighted by Gasteiger charge is 2.36. The molecule has 0 saturated heterocycles. The molecule has 1 aliphatic rings. The van der Waals surface area contributed by atoms with Gasteiger partial charge in [-0.15, -0.1) is 0 Å². The number of thiazole rings is 1. The largest absolute Gasteiger partial charge is 0.353 e. The van der Waals surface area contributed by atoms with Crippen molar-refractivity contribution >= 4 is 55.8 Å². The van der Waals surface area contributed by atoms with Crippen LogP contribution in [0.3, 0.4) is 0 Å². The molecule has 0 saturated carbocycles. The summed E-state index contributed by atoms with van der Waals surface area (Å²) in [5.41, 5.74) is 1.75. The van der Waals surface area contributed by atoms with Crippen molar-refractivity contribution in [3.05, 3.63) is 86.1 Å². The van der Waals surface area contributed by atoms with Crippen LogP contribution >= 0.6 is 23.1 Å². The summed E-state index contributed by atoms with van der Waals surface area (Å²) < 4.78 is 0.948. The SMILES string of the molecule is CC(=O)C1=C(C)NC(SCC(=O)Nc2nc3ccccc3s2)=C(C#N)[C@@H]1c1ccccc1[N+](=O)[O-]. The van der Waals surface area contributed by atoms with Crippen molar-refractivity contribution in [2.45, 2.75) is 19.8 Å². The van der Waals surface area contributed by atoms with E-state index in [2.05, 4.69) is 21.7 Å². The molecule has 2 N–H and O–H groups in total. The van der Waals surface area contributed by atoms with Gasteiger partial charge in [0.15, 0.2) is 10.9 Å². The van der Waals surface area contributed by atoms with Gasteiger partial charge >= 0.3 is 0 Å². The molecule has 0 fully saturated rings. The van der Waals surface area contributed by atoms with E-state index in [1.54, 1.807) is 19.1 Å². The van der Waals surface area contributed by atoms with Gasteiger partial charge in [-0.3, -0.25) is 19.7 Å². The number of benzene rings is 2. The minimum absolute atomic E-state index is 0.0320. The summed E-state index contributed by atoms with van der Waals surface area (Å²) in [6.45, 7) is 3.04. The predicted molar refractivity (Wildman–Crippen MR) is 136 cm³/mol. The van der Waals surface area contributed by atoms with E-state index < -0.39 is 10.8 Å². The van der Waals surface area contributed by atoms with Crippen LogP contribution in [0.15, 0.2) is 70.4 Å². The number of Topliss-reactive ketones (excluding diaryl/α,β-unsaturated/α-hetero) is 1. The third-order valence-corrected chi connectivity index (χ3v) is 7.33. The number of nitro groups is 1. The van der Waals surface area contributed by atoms with Gasteiger partial charge in [-0.25, -0.2) is 4.98 Å². The number of ketones is 1. The highest BCUT2D eigenvalue weighted by Crippen LogP contribution is 2.43. The molecule has 0 spiro atoms. The molecule has 1 atom stereocenters. The average molecular weight is 506 g/mol. The lowest BCUT2D eigenvalue weighted by Crippen LogP contribution is -2.28. The molecular formula is C24H19N5O4S2. The van der Waals surface area contributed by atoms with Crippen molar-refractivity contribution < 1.29 is 14.5 Å². The molecule has 1 amide bonds. The van der Waals surface area contributed by atoms with Gasteiger partial charge in [-0.1, -0.05) is 53.4 Å². The third kappa shape index (κ3) is 4.94. The first-order valence-corrected chi connectivity index (χ1v) is 12.2. The Kier molecular flexibility index (Phi) is 6.95. The Labute approximate surface area is 208 Å². The number of hydrogen-bond acceptors (Lipinski definition) is 9. The molecule has 3 aromatic rings. The summed E-state index contributed by atoms with van der Waals surface area (Å²) in [7, 11) is 0. The average Bonchev–Trinajstić information content (AvgIpc) is 3.24. The van der Waals surface area contributed by atoms with Crippen LogP contribution in [0.2, 0.25) is 0 Å². The zero-order valence-electron chi connectivity index (χ0n) is 18.7. The molecule has 1 aliphatic heterocycles. The molecular weight excluding hydrogens is 486 g/mol. The number of amides is 1. The van der Waals surface area contributed by atoms with E-state index in [9.17, 15) is 25.0 Å². The van der Waals surface area contributed by atoms with E-state index in [0.717, 1.165) is 22.0 Å². The van der Waals surface area contributed by atoms with Crippen molar-refractivity contribution in [1.29, 1.82) is 5.26 Å². The lowest BCUT2D eigenvalue weighted by Gasteiger charge is -2.29. The number of para-hydroxylation sites is 2. The Hall–Kier alpha value is -4.01. The fraction of sp³-hybridized carbons (Fsp3) is 0.167. The first-order valence-electron chi connectivity index (χ1n) is 10.4. The summed E-state index contributed by atoms with van der Waals surface area (Å²) in [6.07, 6.45) is 0. The topological polar surface area (TPSA) is 138 Å². The van der Waals surface area contributed by atoms with Gasteiger partial charge in [0.1, 0.15) is 0 Å². The van der Waals surface area contributed by atoms with Crippen molar-refractivity contribution in [2.24, 2.45) is 0 Å². The number of rotatable bonds is 7. The van der Waals surface area contributed by atoms with E-state index in [4.69, 9.17) is 0 Å². The van der Waals surface area contributed by atoms with E-state index in [0.29, 0.717) is 15.9 Å². The van der Waals surface area contributed by atoms with Crippen LogP contribution in [0.25, 0.3) is 10.2 Å². The Balaban J connectivity index is 1.63. The number of nitrogens with one attached hydrogen (secondary N) is 2. The van der Waals surface area contributed by atoms with E-state index in [1.807, 2.05) is 24.3 Å². The quantitative estimate of drug-likeness (QED) is 0.343. The minimum atomic E-state index is -0.921. The molecule has 0 aliphatic carbocycles. The number of carbonyl (C=O) groups is 2. The molecule has 2 heterocycles. The number of thioether (sulfide) groups is 1. The van der Waals surface area contributed by atoms with Crippen LogP contribution in [0, 0.1) is 21.4 Å². The van der Waals surface area contributed by atoms with E-state index >= 15 is 0 Å². The molecule has 4 rings (SSSR count). The number of dihydropyridines is 1. The van der Waals surface area contributed by atoms with Gasteiger partial charge in [0.25, 0.3) is 5.69 Å². The molecule has 11 heteroatoms. The van der Waals surface area contributed by atoms with Crippen LogP contribution in [0.5, 0.6) is 0 Å². The number of nitriles is 1. The fourth-order valence-electron chi connectivity index (χ4n) is 3.92. The highest BCUT2D eigenvalue weighted by molar-refractivity contribution is 8.03. The molecule has 0 radical (unpaired) electrons. The number of allylic oxidation sites excluding steroid dienone is 3. The number of anilines is 1. The molecule has 1 aromatic heterocycles. The second-order valence-corrected chi connectivity index (χ2v) is 9.66. The van der Waals surface area contributed by atoms with Crippen molar-refractivity contribution in [2.75, 3.05) is 11.1 Å². The van der Waals surface area contributed by atoms with Gasteiger partial charge in [-0.05, 0) is 26.0 Å². The van der Waals surface area contributed by atoms with Crippen molar-refractivity contribution in [3.8, 4) is 6.07 Å². The van der Waals surface area contributed by atoms with Crippen LogP contribution in [-0.4, -0.2) is 27.4 Å². The van der Waals surface area contributed by atoms with Crippen LogP contribution < -0.4 is 10.6 Å². The monoisotopic (exact) mass is 505 g/mol. The maximum Gasteiger partial charge on any atom is 0.273 e. The maximum absolute atomic E-state index is 12.6. The Morgan fingerprint density at radius 2 is 1.97 bits per heavy atom. The van der Waals surface area contributed by atoms with Gasteiger partial charge in [0, 0.05) is 22.9 Å². The van der Waals surface area contributed by atoms with Crippen LogP contribution in [0.4, 0.5) is 10.8 Å². The summed E-state index contributed by atoms with van der Waals surface area (Å²) >= 11 is 2.45. The standard InChI is InChI=1S/C24H19N5O4S2/c1-13-21(14(2)30)22(15-7-3-5-9-18(15)29(32)33)16(11-25)23(26-13)34-12-20(31)28-24-27-17-8-4-6-10-19(17)35-24/h3-10,22,26H,12H2,1-2H3,(H,27,28,31)/t22-/m0/s1. The lowest BCUT2D eigenvalue weighted by atomic mass is 9.80. The van der Waals surface area contributed by atoms with Crippen molar-refractivity contribution in [1.82, 2.24) is 10.3 Å². The minimum Gasteiger partial charge on any atom is -0.353 e. The number of hydrogen-bond donors (Lipinski definition) is 2. The molecule has 176 valence electrons. The number of nitro benzene ring substituents is 1. The molecule has 0 bridgehead atoms. The summed E-state index contributed by atoms with van der Waals surface area (Å²) in [5, 5.41) is 28.4. The Bertz CT molecular complexity index is 1430. The smallest absolute Gasteiger partial charge is 0.273 e. The number of fused-ring (bicyclic) bond motifs is 1. The first kappa shape index (κ1) is 24.1. The second kappa shape index (κ2) is 10.1. The molecule has 35 heavy (non-hydrogen) atoms. The Morgan fingerprint density at radius 1 is 1.26 bits per heavy atom. The molecule has 2 aromatic carbocycles. The van der Waals surface area contributed by atoms with Gasteiger partial charge in [0.2, 0.25) is 5.91 Å². The predicted octanol–water partition coefficient (Wildman–Crippen LogP) is 4.86. The summed E-state index contributed by atoms with van der Waals surface area (Å²) in [4.78, 5) is 40.7. The first-order chi connectivity index (χ1) is 16.8. The van der Waals surface area contributed by atoms with Gasteiger partial charge < -0.3 is 10.6 Å². The summed E-state index contributed by atoms with van der Waals surface area (Å²) in [6, 6.07) is 15.7. The normalized spacial score (nSPS) is 15.5. The van der Waals surface area contributed by atoms with Crippen molar-refractivity contribution in [3.63, 3.8) is 0 Å². The zero-order valence-corrected chi connectivity index (χ0v) is 20.3. The Morgan fingerprint density at radius 3 is 2.66 bits per heavy atom. The van der Waals surface area contributed by atoms with Crippen LogP contribution in [0.1, 0.15) is 25.3 Å². The van der Waals surface area contributed by atoms with Gasteiger partial charge in [0.05, 0.1) is 43.5 Å². The lowest BCUT2D eigenvalue weighted by molar-refractivity contribution is -0.385. The van der Waals surface area contributed by atoms with E-state index in [1.165, 1.54) is 30.4 Å². The number of aromatic nitrogens is 1. The fourth-order valence-corrected chi connectivity index (χ4v) is 5.69. The maximum atomic E-state index is 12.6. The second-order valence-electron chi connectivity index (χ2n) is 7.65. The number of nitrogens with zero attached hydrogens (tertiary/aromatic N) is 3.